The van der Waals surface area contributed by atoms with Crippen LogP contribution < -0.4 is 5.32 Å². The normalized spacial score (nSPS) is 16.7. The third kappa shape index (κ3) is 2.54. The summed E-state index contributed by atoms with van der Waals surface area (Å²) < 4.78 is 1.93. The maximum atomic E-state index is 4.34. The molecule has 1 saturated heterocycles. The van der Waals surface area contributed by atoms with E-state index in [2.05, 4.69) is 27.4 Å². The van der Waals surface area contributed by atoms with E-state index in [0.29, 0.717) is 0 Å². The molecule has 4 heteroatoms. The largest absolute Gasteiger partial charge is 0.311 e. The Hall–Kier alpha value is -1.39. The first-order valence-electron chi connectivity index (χ1n) is 6.78. The maximum absolute atomic E-state index is 4.34. The Morgan fingerprint density at radius 2 is 2.11 bits per heavy atom. The Morgan fingerprint density at radius 3 is 3.00 bits per heavy atom. The lowest BCUT2D eigenvalue weighted by Gasteiger charge is -2.14. The fourth-order valence-electron chi connectivity index (χ4n) is 2.59. The summed E-state index contributed by atoms with van der Waals surface area (Å²) in [5.41, 5.74) is 2.48. The molecule has 18 heavy (non-hydrogen) atoms. The summed E-state index contributed by atoms with van der Waals surface area (Å²) in [5.74, 6) is 0. The Labute approximate surface area is 108 Å². The quantitative estimate of drug-likeness (QED) is 0.809. The number of fused-ring (bicyclic) bond motifs is 1. The van der Waals surface area contributed by atoms with Crippen LogP contribution in [-0.2, 0) is 6.54 Å². The van der Waals surface area contributed by atoms with Gasteiger partial charge >= 0.3 is 0 Å². The minimum absolute atomic E-state index is 0.904. The van der Waals surface area contributed by atoms with Crippen LogP contribution in [0.2, 0.25) is 0 Å². The van der Waals surface area contributed by atoms with Crippen molar-refractivity contribution in [3.63, 3.8) is 0 Å². The van der Waals surface area contributed by atoms with Crippen LogP contribution in [0.4, 0.5) is 0 Å². The average molecular weight is 244 g/mol. The first-order valence-corrected chi connectivity index (χ1v) is 6.78. The molecule has 0 radical (unpaired) electrons. The highest BCUT2D eigenvalue weighted by atomic mass is 15.2. The molecule has 1 aliphatic heterocycles. The lowest BCUT2D eigenvalue weighted by atomic mass is 10.2. The molecule has 0 bridgehead atoms. The van der Waals surface area contributed by atoms with Crippen molar-refractivity contribution >= 4 is 5.52 Å². The fraction of sp³-hybridized carbons (Fsp3) is 0.500. The molecular weight excluding hydrogens is 224 g/mol. The van der Waals surface area contributed by atoms with Gasteiger partial charge in [0.1, 0.15) is 0 Å². The zero-order valence-corrected chi connectivity index (χ0v) is 10.7. The number of nitrogens with one attached hydrogen (secondary N) is 1. The van der Waals surface area contributed by atoms with Crippen LogP contribution in [0.25, 0.3) is 5.52 Å². The van der Waals surface area contributed by atoms with E-state index in [1.165, 1.54) is 43.6 Å². The summed E-state index contributed by atoms with van der Waals surface area (Å²) in [6.07, 6.45) is 6.68. The van der Waals surface area contributed by atoms with Crippen molar-refractivity contribution in [1.29, 1.82) is 0 Å². The number of rotatable bonds is 5. The first kappa shape index (κ1) is 11.7. The van der Waals surface area contributed by atoms with Crippen LogP contribution in [0.15, 0.2) is 30.6 Å². The third-order valence-corrected chi connectivity index (χ3v) is 3.63. The summed E-state index contributed by atoms with van der Waals surface area (Å²) >= 11 is 0. The van der Waals surface area contributed by atoms with Gasteiger partial charge in [0, 0.05) is 31.4 Å². The van der Waals surface area contributed by atoms with Crippen molar-refractivity contribution in [2.75, 3.05) is 26.2 Å². The van der Waals surface area contributed by atoms with Crippen LogP contribution in [0.5, 0.6) is 0 Å². The van der Waals surface area contributed by atoms with E-state index in [1.54, 1.807) is 0 Å². The molecule has 3 heterocycles. The second kappa shape index (κ2) is 5.50. The van der Waals surface area contributed by atoms with Gasteiger partial charge in [0.05, 0.1) is 11.7 Å². The summed E-state index contributed by atoms with van der Waals surface area (Å²) in [4.78, 5) is 2.53. The summed E-state index contributed by atoms with van der Waals surface area (Å²) in [6.45, 7) is 5.68. The molecule has 0 saturated carbocycles. The highest BCUT2D eigenvalue weighted by Gasteiger charge is 2.10. The number of likely N-dealkylation sites (tertiary alicyclic amines) is 1. The predicted octanol–water partition coefficient (Wildman–Crippen LogP) is 1.52. The van der Waals surface area contributed by atoms with Gasteiger partial charge in [0.2, 0.25) is 0 Å². The fourth-order valence-corrected chi connectivity index (χ4v) is 2.59. The van der Waals surface area contributed by atoms with Crippen molar-refractivity contribution in [3.8, 4) is 0 Å². The van der Waals surface area contributed by atoms with Crippen LogP contribution in [0, 0.1) is 0 Å². The van der Waals surface area contributed by atoms with Gasteiger partial charge in [-0.1, -0.05) is 6.07 Å². The molecule has 1 fully saturated rings. The highest BCUT2D eigenvalue weighted by molar-refractivity contribution is 5.53. The second-order valence-electron chi connectivity index (χ2n) is 4.93. The molecule has 2 aromatic rings. The van der Waals surface area contributed by atoms with E-state index in [-0.39, 0.29) is 0 Å². The van der Waals surface area contributed by atoms with Crippen molar-refractivity contribution < 1.29 is 0 Å². The average Bonchev–Trinajstić information content (AvgIpc) is 3.04. The minimum Gasteiger partial charge on any atom is -0.311 e. The SMILES string of the molecule is c1ccn2ncc(CNCCN3CCCC3)c2c1. The summed E-state index contributed by atoms with van der Waals surface area (Å²) in [5, 5.41) is 7.85. The van der Waals surface area contributed by atoms with E-state index < -0.39 is 0 Å². The van der Waals surface area contributed by atoms with Crippen molar-refractivity contribution in [2.24, 2.45) is 0 Å². The molecule has 0 amide bonds. The lowest BCUT2D eigenvalue weighted by molar-refractivity contribution is 0.336. The zero-order chi connectivity index (χ0) is 12.2. The zero-order valence-electron chi connectivity index (χ0n) is 10.7. The number of hydrogen-bond donors (Lipinski definition) is 1. The van der Waals surface area contributed by atoms with Crippen LogP contribution in [-0.4, -0.2) is 40.7 Å². The standard InChI is InChI=1S/C14H20N4/c1-2-9-18-14(5-1)13(12-16-18)11-15-6-10-17-7-3-4-8-17/h1-2,5,9,12,15H,3-4,6-8,10-11H2. The predicted molar refractivity (Wildman–Crippen MR) is 72.6 cm³/mol. The Morgan fingerprint density at radius 1 is 1.22 bits per heavy atom. The Kier molecular flexibility index (Phi) is 3.57. The van der Waals surface area contributed by atoms with Gasteiger partial charge in [-0.2, -0.15) is 5.10 Å². The number of hydrogen-bond acceptors (Lipinski definition) is 3. The molecular formula is C14H20N4. The highest BCUT2D eigenvalue weighted by Crippen LogP contribution is 2.09. The third-order valence-electron chi connectivity index (χ3n) is 3.63. The molecule has 0 spiro atoms. The molecule has 1 aliphatic rings. The molecule has 0 aliphatic carbocycles. The van der Waals surface area contributed by atoms with Gasteiger partial charge in [0.25, 0.3) is 0 Å². The smallest absolute Gasteiger partial charge is 0.0706 e. The van der Waals surface area contributed by atoms with Crippen molar-refractivity contribution in [1.82, 2.24) is 19.8 Å². The molecule has 0 unspecified atom stereocenters. The van der Waals surface area contributed by atoms with Gasteiger partial charge in [-0.05, 0) is 38.1 Å². The molecule has 4 nitrogen and oxygen atoms in total. The summed E-state index contributed by atoms with van der Waals surface area (Å²) in [7, 11) is 0. The van der Waals surface area contributed by atoms with Gasteiger partial charge in [-0.15, -0.1) is 0 Å². The van der Waals surface area contributed by atoms with Crippen molar-refractivity contribution in [2.45, 2.75) is 19.4 Å². The van der Waals surface area contributed by atoms with Gasteiger partial charge in [-0.3, -0.25) is 0 Å². The Bertz CT molecular complexity index is 499. The van der Waals surface area contributed by atoms with Crippen molar-refractivity contribution in [3.05, 3.63) is 36.2 Å². The minimum atomic E-state index is 0.904. The molecule has 0 aromatic carbocycles. The Balaban J connectivity index is 1.50. The van der Waals surface area contributed by atoms with Gasteiger partial charge < -0.3 is 10.2 Å². The van der Waals surface area contributed by atoms with E-state index >= 15 is 0 Å². The second-order valence-corrected chi connectivity index (χ2v) is 4.93. The topological polar surface area (TPSA) is 32.6 Å². The lowest BCUT2D eigenvalue weighted by Crippen LogP contribution is -2.29. The van der Waals surface area contributed by atoms with Gasteiger partial charge in [-0.25, -0.2) is 4.52 Å². The number of aromatic nitrogens is 2. The molecule has 96 valence electrons. The molecule has 0 atom stereocenters. The number of nitrogens with zero attached hydrogens (tertiary/aromatic N) is 3. The van der Waals surface area contributed by atoms with Crippen LogP contribution >= 0.6 is 0 Å². The number of pyridine rings is 1. The molecule has 1 N–H and O–H groups in total. The first-order chi connectivity index (χ1) is 8.93. The van der Waals surface area contributed by atoms with E-state index in [4.69, 9.17) is 0 Å². The van der Waals surface area contributed by atoms with E-state index in [0.717, 1.165) is 13.1 Å². The molecule has 2 aromatic heterocycles. The van der Waals surface area contributed by atoms with E-state index in [9.17, 15) is 0 Å². The monoisotopic (exact) mass is 244 g/mol. The summed E-state index contributed by atoms with van der Waals surface area (Å²) in [6, 6.07) is 6.18. The maximum Gasteiger partial charge on any atom is 0.0706 e. The van der Waals surface area contributed by atoms with Gasteiger partial charge in [0.15, 0.2) is 0 Å². The van der Waals surface area contributed by atoms with Crippen LogP contribution in [0.3, 0.4) is 0 Å². The van der Waals surface area contributed by atoms with E-state index in [1.807, 2.05) is 23.0 Å². The molecule has 3 rings (SSSR count). The van der Waals surface area contributed by atoms with Crippen LogP contribution in [0.1, 0.15) is 18.4 Å².